The molecule has 1 fully saturated rings. The summed E-state index contributed by atoms with van der Waals surface area (Å²) >= 11 is 6.06. The van der Waals surface area contributed by atoms with E-state index in [1.54, 1.807) is 20.1 Å². The number of benzene rings is 2. The molecule has 1 saturated heterocycles. The molecule has 1 amide bonds. The van der Waals surface area contributed by atoms with Gasteiger partial charge in [-0.25, -0.2) is 4.39 Å². The van der Waals surface area contributed by atoms with Gasteiger partial charge in [0, 0.05) is 36.8 Å². The van der Waals surface area contributed by atoms with Crippen LogP contribution in [0, 0.1) is 11.7 Å². The maximum atomic E-state index is 14.4. The Kier molecular flexibility index (Phi) is 10.0. The molecule has 9 nitrogen and oxygen atoms in total. The molecular weight excluding hydrogens is 525 g/mol. The van der Waals surface area contributed by atoms with E-state index < -0.39 is 5.92 Å². The van der Waals surface area contributed by atoms with Gasteiger partial charge in [0.25, 0.3) is 5.91 Å². The number of amides is 1. The van der Waals surface area contributed by atoms with Crippen molar-refractivity contribution in [1.82, 2.24) is 25.6 Å². The lowest BCUT2D eigenvalue weighted by molar-refractivity contribution is -0.149. The van der Waals surface area contributed by atoms with Gasteiger partial charge in [0.2, 0.25) is 0 Å². The number of hydrogen-bond donors (Lipinski definition) is 2. The number of rotatable bonds is 13. The van der Waals surface area contributed by atoms with Gasteiger partial charge >= 0.3 is 5.97 Å². The number of methoxy groups -OCH3 is 1. The van der Waals surface area contributed by atoms with Gasteiger partial charge in [-0.3, -0.25) is 14.5 Å². The fourth-order valence-corrected chi connectivity index (χ4v) is 4.89. The Labute approximate surface area is 232 Å². The molecule has 11 heteroatoms. The number of ether oxygens (including phenoxy) is 2. The van der Waals surface area contributed by atoms with Gasteiger partial charge in [-0.05, 0) is 62.1 Å². The lowest BCUT2D eigenvalue weighted by atomic mass is 9.91. The van der Waals surface area contributed by atoms with Crippen LogP contribution in [0.2, 0.25) is 5.02 Å². The van der Waals surface area contributed by atoms with Crippen molar-refractivity contribution in [2.45, 2.75) is 38.3 Å². The third kappa shape index (κ3) is 7.84. The lowest BCUT2D eigenvalue weighted by Crippen LogP contribution is -2.52. The van der Waals surface area contributed by atoms with Gasteiger partial charge < -0.3 is 14.8 Å². The van der Waals surface area contributed by atoms with Crippen LogP contribution in [0.1, 0.15) is 35.8 Å². The zero-order valence-corrected chi connectivity index (χ0v) is 22.8. The first-order valence-corrected chi connectivity index (χ1v) is 13.4. The maximum absolute atomic E-state index is 14.4. The third-order valence-electron chi connectivity index (χ3n) is 6.90. The maximum Gasteiger partial charge on any atom is 0.309 e. The van der Waals surface area contributed by atoms with Gasteiger partial charge in [0.05, 0.1) is 24.8 Å². The molecule has 1 aliphatic rings. The predicted molar refractivity (Wildman–Crippen MR) is 145 cm³/mol. The van der Waals surface area contributed by atoms with Crippen LogP contribution in [0.15, 0.2) is 48.7 Å². The number of nitrogens with one attached hydrogen (secondary N) is 2. The van der Waals surface area contributed by atoms with Gasteiger partial charge in [-0.1, -0.05) is 35.9 Å². The van der Waals surface area contributed by atoms with Crippen LogP contribution >= 0.6 is 11.6 Å². The minimum Gasteiger partial charge on any atom is -0.466 e. The molecule has 208 valence electrons. The van der Waals surface area contributed by atoms with E-state index in [0.29, 0.717) is 35.4 Å². The molecular formula is C28H33ClFN5O4. The summed E-state index contributed by atoms with van der Waals surface area (Å²) in [5.74, 6) is -1.44. The summed E-state index contributed by atoms with van der Waals surface area (Å²) in [5.41, 5.74) is 2.18. The number of nitrogens with zero attached hydrogens (tertiary/aromatic N) is 3. The zero-order chi connectivity index (χ0) is 27.8. The fourth-order valence-electron chi connectivity index (χ4n) is 4.72. The average molecular weight is 558 g/mol. The second-order valence-corrected chi connectivity index (χ2v) is 10.1. The van der Waals surface area contributed by atoms with Gasteiger partial charge in [0.15, 0.2) is 5.69 Å². The summed E-state index contributed by atoms with van der Waals surface area (Å²) in [5, 5.41) is 13.5. The highest BCUT2D eigenvalue weighted by atomic mass is 35.5. The van der Waals surface area contributed by atoms with Crippen LogP contribution in [-0.4, -0.2) is 77.7 Å². The van der Waals surface area contributed by atoms with Crippen LogP contribution in [0.5, 0.6) is 0 Å². The highest BCUT2D eigenvalue weighted by Gasteiger charge is 2.30. The Morgan fingerprint density at radius 1 is 1.23 bits per heavy atom. The molecule has 39 heavy (non-hydrogen) atoms. The molecule has 4 rings (SSSR count). The number of halogens is 2. The van der Waals surface area contributed by atoms with E-state index in [1.807, 2.05) is 24.3 Å². The molecule has 2 aromatic carbocycles. The summed E-state index contributed by atoms with van der Waals surface area (Å²) in [7, 11) is 1.70. The first-order valence-electron chi connectivity index (χ1n) is 13.0. The molecule has 0 aliphatic carbocycles. The molecule has 2 atom stereocenters. The molecule has 1 aromatic heterocycles. The van der Waals surface area contributed by atoms with Gasteiger partial charge in [-0.2, -0.15) is 15.4 Å². The second-order valence-electron chi connectivity index (χ2n) is 9.64. The Morgan fingerprint density at radius 3 is 2.67 bits per heavy atom. The average Bonchev–Trinajstić information content (AvgIpc) is 3.44. The van der Waals surface area contributed by atoms with E-state index in [0.717, 1.165) is 25.2 Å². The highest BCUT2D eigenvalue weighted by Crippen LogP contribution is 2.27. The van der Waals surface area contributed by atoms with E-state index in [2.05, 4.69) is 25.6 Å². The van der Waals surface area contributed by atoms with Crippen LogP contribution in [-0.2, 0) is 20.7 Å². The van der Waals surface area contributed by atoms with E-state index in [1.165, 1.54) is 18.3 Å². The molecule has 3 aromatic rings. The minimum atomic E-state index is -0.408. The van der Waals surface area contributed by atoms with E-state index in [4.69, 9.17) is 21.1 Å². The largest absolute Gasteiger partial charge is 0.466 e. The number of carbonyl (C=O) groups excluding carboxylic acids is 2. The fraction of sp³-hybridized carbons (Fsp3) is 0.429. The monoisotopic (exact) mass is 557 g/mol. The highest BCUT2D eigenvalue weighted by molar-refractivity contribution is 6.30. The van der Waals surface area contributed by atoms with Crippen molar-refractivity contribution < 1.29 is 23.5 Å². The summed E-state index contributed by atoms with van der Waals surface area (Å²) < 4.78 is 25.1. The molecule has 1 aliphatic heterocycles. The van der Waals surface area contributed by atoms with E-state index in [9.17, 15) is 14.0 Å². The van der Waals surface area contributed by atoms with E-state index >= 15 is 0 Å². The molecule has 0 radical (unpaired) electrons. The van der Waals surface area contributed by atoms with Crippen molar-refractivity contribution in [2.24, 2.45) is 5.92 Å². The quantitative estimate of drug-likeness (QED) is 0.307. The number of aromatic nitrogens is 3. The lowest BCUT2D eigenvalue weighted by Gasteiger charge is -2.38. The Bertz CT molecular complexity index is 1240. The van der Waals surface area contributed by atoms with Gasteiger partial charge in [0.1, 0.15) is 5.82 Å². The first kappa shape index (κ1) is 28.7. The van der Waals surface area contributed by atoms with Crippen LogP contribution in [0.3, 0.4) is 0 Å². The first-order chi connectivity index (χ1) is 18.9. The number of hydrogen-bond acceptors (Lipinski definition) is 7. The summed E-state index contributed by atoms with van der Waals surface area (Å²) in [6, 6.07) is 11.5. The second kappa shape index (κ2) is 13.6. The summed E-state index contributed by atoms with van der Waals surface area (Å²) in [4.78, 5) is 28.0. The van der Waals surface area contributed by atoms with Crippen molar-refractivity contribution in [1.29, 1.82) is 0 Å². The SMILES string of the molecule is CCOC(=O)[C@H](CCN1CC(OC)C1)C[C@@H](Cc1ccc(-c2cc(Cl)ccc2F)cc1)NC(=O)c1cn[nH]n1. The Morgan fingerprint density at radius 2 is 2.00 bits per heavy atom. The Hall–Kier alpha value is -3.34. The van der Waals surface area contributed by atoms with Crippen molar-refractivity contribution in [3.63, 3.8) is 0 Å². The van der Waals surface area contributed by atoms with Crippen LogP contribution < -0.4 is 5.32 Å². The van der Waals surface area contributed by atoms with Crippen molar-refractivity contribution in [3.05, 3.63) is 70.8 Å². The van der Waals surface area contributed by atoms with Crippen LogP contribution in [0.25, 0.3) is 11.1 Å². The molecule has 2 N–H and O–H groups in total. The topological polar surface area (TPSA) is 109 Å². The molecule has 2 heterocycles. The summed E-state index contributed by atoms with van der Waals surface area (Å²) in [6.45, 7) is 4.45. The van der Waals surface area contributed by atoms with Crippen molar-refractivity contribution in [3.8, 4) is 11.1 Å². The molecule has 0 bridgehead atoms. The van der Waals surface area contributed by atoms with Crippen LogP contribution in [0.4, 0.5) is 4.39 Å². The Balaban J connectivity index is 1.49. The molecule has 0 saturated carbocycles. The third-order valence-corrected chi connectivity index (χ3v) is 7.13. The predicted octanol–water partition coefficient (Wildman–Crippen LogP) is 3.90. The minimum absolute atomic E-state index is 0.158. The number of esters is 1. The number of likely N-dealkylation sites (tertiary alicyclic amines) is 1. The van der Waals surface area contributed by atoms with E-state index in [-0.39, 0.29) is 42.1 Å². The number of H-pyrrole nitrogens is 1. The standard InChI is InChI=1S/C28H33ClFN5O4/c1-3-39-28(37)20(10-11-35-16-23(17-35)38-2)13-22(32-27(36)26-15-31-34-33-26)12-18-4-6-19(7-5-18)24-14-21(29)8-9-25(24)30/h4-9,14-15,20,22-23H,3,10-13,16-17H2,1-2H3,(H,32,36)(H,31,33,34)/t20-,22-/m1/s1. The zero-order valence-electron chi connectivity index (χ0n) is 22.0. The van der Waals surface area contributed by atoms with Crippen molar-refractivity contribution >= 4 is 23.5 Å². The molecule has 0 unspecified atom stereocenters. The number of aromatic amines is 1. The summed E-state index contributed by atoms with van der Waals surface area (Å²) in [6.07, 6.45) is 3.00. The van der Waals surface area contributed by atoms with Gasteiger partial charge in [-0.15, -0.1) is 0 Å². The smallest absolute Gasteiger partial charge is 0.309 e. The number of carbonyl (C=O) groups is 2. The normalized spacial score (nSPS) is 15.4. The molecule has 0 spiro atoms. The van der Waals surface area contributed by atoms with Crippen molar-refractivity contribution in [2.75, 3.05) is 33.4 Å².